The minimum Gasteiger partial charge on any atom is -0.325 e. The van der Waals surface area contributed by atoms with Gasteiger partial charge in [-0.25, -0.2) is 8.78 Å². The zero-order chi connectivity index (χ0) is 19.6. The third kappa shape index (κ3) is 4.30. The van der Waals surface area contributed by atoms with Gasteiger partial charge < -0.3 is 5.32 Å². The van der Waals surface area contributed by atoms with Crippen molar-refractivity contribution in [3.8, 4) is 5.69 Å². The summed E-state index contributed by atoms with van der Waals surface area (Å²) in [5, 5.41) is 14.2. The Kier molecular flexibility index (Phi) is 5.50. The molecule has 0 saturated heterocycles. The summed E-state index contributed by atoms with van der Waals surface area (Å²) >= 11 is 1.17. The highest BCUT2D eigenvalue weighted by Gasteiger charge is 2.20. The molecule has 1 atom stereocenters. The van der Waals surface area contributed by atoms with Crippen molar-refractivity contribution in [3.63, 3.8) is 0 Å². The Hall–Kier alpha value is -2.81. The molecule has 3 aromatic rings. The van der Waals surface area contributed by atoms with Crippen molar-refractivity contribution in [2.75, 3.05) is 5.32 Å². The molecule has 9 heteroatoms. The highest BCUT2D eigenvalue weighted by Crippen LogP contribution is 2.26. The van der Waals surface area contributed by atoms with Crippen LogP contribution in [0.1, 0.15) is 18.1 Å². The molecule has 0 saturated carbocycles. The minimum atomic E-state index is -1.02. The molecule has 1 aromatic heterocycles. The summed E-state index contributed by atoms with van der Waals surface area (Å²) in [5.74, 6) is -2.36. The molecule has 1 amide bonds. The zero-order valence-electron chi connectivity index (χ0n) is 14.9. The SMILES string of the molecule is Cc1ccc(C)c(-n2nnnc2S[C@H](C)C(=O)Nc2ccc(F)c(F)c2)c1. The van der Waals surface area contributed by atoms with Crippen molar-refractivity contribution < 1.29 is 13.6 Å². The topological polar surface area (TPSA) is 72.7 Å². The molecule has 27 heavy (non-hydrogen) atoms. The first-order chi connectivity index (χ1) is 12.8. The molecule has 0 unspecified atom stereocenters. The van der Waals surface area contributed by atoms with Crippen LogP contribution in [0, 0.1) is 25.5 Å². The van der Waals surface area contributed by atoms with E-state index in [0.29, 0.717) is 5.16 Å². The summed E-state index contributed by atoms with van der Waals surface area (Å²) in [5.41, 5.74) is 3.07. The van der Waals surface area contributed by atoms with Crippen LogP contribution in [0.25, 0.3) is 5.69 Å². The number of halogens is 2. The van der Waals surface area contributed by atoms with Crippen LogP contribution in [0.4, 0.5) is 14.5 Å². The molecule has 0 aliphatic heterocycles. The predicted molar refractivity (Wildman–Crippen MR) is 98.9 cm³/mol. The number of hydrogen-bond acceptors (Lipinski definition) is 5. The second-order valence-electron chi connectivity index (χ2n) is 6.04. The Labute approximate surface area is 159 Å². The fraction of sp³-hybridized carbons (Fsp3) is 0.222. The first-order valence-electron chi connectivity index (χ1n) is 8.13. The van der Waals surface area contributed by atoms with E-state index in [1.807, 2.05) is 32.0 Å². The molecule has 0 spiro atoms. The molecule has 0 bridgehead atoms. The Morgan fingerprint density at radius 3 is 2.67 bits per heavy atom. The van der Waals surface area contributed by atoms with E-state index in [2.05, 4.69) is 20.8 Å². The van der Waals surface area contributed by atoms with Gasteiger partial charge in [0.2, 0.25) is 11.1 Å². The number of thioether (sulfide) groups is 1. The quantitative estimate of drug-likeness (QED) is 0.674. The maximum absolute atomic E-state index is 13.3. The van der Waals surface area contributed by atoms with Crippen molar-refractivity contribution in [2.24, 2.45) is 0 Å². The number of rotatable bonds is 5. The van der Waals surface area contributed by atoms with Crippen molar-refractivity contribution in [3.05, 3.63) is 59.2 Å². The smallest absolute Gasteiger partial charge is 0.237 e. The summed E-state index contributed by atoms with van der Waals surface area (Å²) < 4.78 is 27.9. The highest BCUT2D eigenvalue weighted by molar-refractivity contribution is 8.00. The normalized spacial score (nSPS) is 12.0. The van der Waals surface area contributed by atoms with Gasteiger partial charge in [-0.05, 0) is 60.5 Å². The maximum Gasteiger partial charge on any atom is 0.237 e. The van der Waals surface area contributed by atoms with Crippen LogP contribution in [0.3, 0.4) is 0 Å². The van der Waals surface area contributed by atoms with Gasteiger partial charge in [0.25, 0.3) is 0 Å². The second kappa shape index (κ2) is 7.83. The Morgan fingerprint density at radius 2 is 1.93 bits per heavy atom. The van der Waals surface area contributed by atoms with Crippen molar-refractivity contribution in [1.29, 1.82) is 0 Å². The van der Waals surface area contributed by atoms with E-state index in [1.165, 1.54) is 17.8 Å². The highest BCUT2D eigenvalue weighted by atomic mass is 32.2. The van der Waals surface area contributed by atoms with Crippen LogP contribution in [0.15, 0.2) is 41.6 Å². The number of nitrogens with one attached hydrogen (secondary N) is 1. The lowest BCUT2D eigenvalue weighted by atomic mass is 10.1. The number of amides is 1. The lowest BCUT2D eigenvalue weighted by molar-refractivity contribution is -0.115. The fourth-order valence-corrected chi connectivity index (χ4v) is 3.18. The van der Waals surface area contributed by atoms with Crippen LogP contribution in [0.2, 0.25) is 0 Å². The van der Waals surface area contributed by atoms with Gasteiger partial charge in [-0.1, -0.05) is 23.9 Å². The minimum absolute atomic E-state index is 0.181. The van der Waals surface area contributed by atoms with Gasteiger partial charge in [0, 0.05) is 11.8 Å². The number of aromatic nitrogens is 4. The standard InChI is InChI=1S/C18H17F2N5OS/c1-10-4-5-11(2)16(8-10)25-18(22-23-24-25)27-12(3)17(26)21-13-6-7-14(19)15(20)9-13/h4-9,12H,1-3H3,(H,21,26)/t12-/m1/s1. The van der Waals surface area contributed by atoms with E-state index in [4.69, 9.17) is 0 Å². The number of hydrogen-bond donors (Lipinski definition) is 1. The van der Waals surface area contributed by atoms with Gasteiger partial charge in [0.1, 0.15) is 0 Å². The molecule has 0 aliphatic rings. The van der Waals surface area contributed by atoms with E-state index in [1.54, 1.807) is 11.6 Å². The molecule has 6 nitrogen and oxygen atoms in total. The Bertz CT molecular complexity index is 992. The zero-order valence-corrected chi connectivity index (χ0v) is 15.7. The van der Waals surface area contributed by atoms with Crippen LogP contribution < -0.4 is 5.32 Å². The second-order valence-corrected chi connectivity index (χ2v) is 7.35. The van der Waals surface area contributed by atoms with Crippen LogP contribution >= 0.6 is 11.8 Å². The third-order valence-corrected chi connectivity index (χ3v) is 4.91. The molecule has 0 aliphatic carbocycles. The molecular weight excluding hydrogens is 372 g/mol. The fourth-order valence-electron chi connectivity index (χ4n) is 2.38. The van der Waals surface area contributed by atoms with Gasteiger partial charge in [-0.15, -0.1) is 5.10 Å². The largest absolute Gasteiger partial charge is 0.325 e. The molecular formula is C18H17F2N5OS. The lowest BCUT2D eigenvalue weighted by Crippen LogP contribution is -2.23. The van der Waals surface area contributed by atoms with Crippen LogP contribution in [-0.2, 0) is 4.79 Å². The van der Waals surface area contributed by atoms with Crippen molar-refractivity contribution in [1.82, 2.24) is 20.2 Å². The number of nitrogens with zero attached hydrogens (tertiary/aromatic N) is 4. The van der Waals surface area contributed by atoms with E-state index in [9.17, 15) is 13.6 Å². The molecule has 1 N–H and O–H groups in total. The monoisotopic (exact) mass is 389 g/mol. The van der Waals surface area contributed by atoms with E-state index in [-0.39, 0.29) is 11.6 Å². The molecule has 3 rings (SSSR count). The Morgan fingerprint density at radius 1 is 1.15 bits per heavy atom. The van der Waals surface area contributed by atoms with E-state index >= 15 is 0 Å². The number of benzene rings is 2. The van der Waals surface area contributed by atoms with Gasteiger partial charge in [-0.3, -0.25) is 4.79 Å². The average molecular weight is 389 g/mol. The first kappa shape index (κ1) is 19.0. The molecule has 1 heterocycles. The molecule has 140 valence electrons. The Balaban J connectivity index is 1.75. The van der Waals surface area contributed by atoms with Gasteiger partial charge >= 0.3 is 0 Å². The van der Waals surface area contributed by atoms with Gasteiger partial charge in [0.15, 0.2) is 11.6 Å². The van der Waals surface area contributed by atoms with Gasteiger partial charge in [-0.2, -0.15) is 4.68 Å². The molecule has 0 fully saturated rings. The predicted octanol–water partition coefficient (Wildman–Crippen LogP) is 3.68. The van der Waals surface area contributed by atoms with Crippen LogP contribution in [0.5, 0.6) is 0 Å². The van der Waals surface area contributed by atoms with Crippen molar-refractivity contribution >= 4 is 23.4 Å². The number of carbonyl (C=O) groups is 1. The summed E-state index contributed by atoms with van der Waals surface area (Å²) in [6.07, 6.45) is 0. The van der Waals surface area contributed by atoms with Gasteiger partial charge in [0.05, 0.1) is 10.9 Å². The maximum atomic E-state index is 13.3. The third-order valence-electron chi connectivity index (χ3n) is 3.87. The van der Waals surface area contributed by atoms with Crippen molar-refractivity contribution in [2.45, 2.75) is 31.2 Å². The summed E-state index contributed by atoms with van der Waals surface area (Å²) in [7, 11) is 0. The summed E-state index contributed by atoms with van der Waals surface area (Å²) in [6.45, 7) is 5.60. The number of carbonyl (C=O) groups excluding carboxylic acids is 1. The number of aryl methyl sites for hydroxylation is 2. The molecule has 0 radical (unpaired) electrons. The summed E-state index contributed by atoms with van der Waals surface area (Å²) in [6, 6.07) is 9.12. The summed E-state index contributed by atoms with van der Waals surface area (Å²) in [4.78, 5) is 12.4. The number of anilines is 1. The van der Waals surface area contributed by atoms with E-state index < -0.39 is 16.9 Å². The number of tetrazole rings is 1. The van der Waals surface area contributed by atoms with E-state index in [0.717, 1.165) is 28.9 Å². The van der Waals surface area contributed by atoms with Crippen LogP contribution in [-0.4, -0.2) is 31.4 Å². The first-order valence-corrected chi connectivity index (χ1v) is 9.01. The average Bonchev–Trinajstić information content (AvgIpc) is 3.08. The molecule has 2 aromatic carbocycles. The lowest BCUT2D eigenvalue weighted by Gasteiger charge is -2.13.